The molecule has 2 N–H and O–H groups in total. The lowest BCUT2D eigenvalue weighted by Crippen LogP contribution is -2.18. The highest BCUT2D eigenvalue weighted by molar-refractivity contribution is 9.10. The first-order valence-corrected chi connectivity index (χ1v) is 5.74. The summed E-state index contributed by atoms with van der Waals surface area (Å²) in [4.78, 5) is 11.5. The molecule has 0 unspecified atom stereocenters. The van der Waals surface area contributed by atoms with Crippen LogP contribution in [0.25, 0.3) is 0 Å². The van der Waals surface area contributed by atoms with Gasteiger partial charge in [-0.3, -0.25) is 4.79 Å². The molecular formula is C11H16BrClN2O2. The Labute approximate surface area is 116 Å². The number of halogens is 2. The number of carbonyl (C=O) groups is 1. The molecule has 96 valence electrons. The Bertz CT molecular complexity index is 374. The summed E-state index contributed by atoms with van der Waals surface area (Å²) in [5.41, 5.74) is 0.737. The molecule has 17 heavy (non-hydrogen) atoms. The van der Waals surface area contributed by atoms with Crippen molar-refractivity contribution in [1.29, 1.82) is 0 Å². The minimum absolute atomic E-state index is 0. The van der Waals surface area contributed by atoms with Crippen molar-refractivity contribution in [3.8, 4) is 5.75 Å². The lowest BCUT2D eigenvalue weighted by atomic mass is 10.3. The van der Waals surface area contributed by atoms with Crippen LogP contribution in [-0.4, -0.2) is 26.6 Å². The van der Waals surface area contributed by atoms with Gasteiger partial charge in [-0.05, 0) is 35.1 Å². The maximum absolute atomic E-state index is 11.5. The summed E-state index contributed by atoms with van der Waals surface area (Å²) in [6.45, 7) is 0.666. The number of anilines is 1. The largest absolute Gasteiger partial charge is 0.495 e. The molecule has 1 aromatic carbocycles. The van der Waals surface area contributed by atoms with E-state index in [1.54, 1.807) is 13.2 Å². The predicted octanol–water partition coefficient (Wildman–Crippen LogP) is 2.43. The summed E-state index contributed by atoms with van der Waals surface area (Å²) >= 11 is 3.35. The Morgan fingerprint density at radius 1 is 1.47 bits per heavy atom. The first-order valence-electron chi connectivity index (χ1n) is 4.95. The summed E-state index contributed by atoms with van der Waals surface area (Å²) in [5, 5.41) is 5.72. The van der Waals surface area contributed by atoms with Gasteiger partial charge in [-0.15, -0.1) is 12.4 Å². The molecule has 0 heterocycles. The van der Waals surface area contributed by atoms with Gasteiger partial charge in [-0.25, -0.2) is 0 Å². The van der Waals surface area contributed by atoms with E-state index in [1.165, 1.54) is 0 Å². The van der Waals surface area contributed by atoms with Crippen LogP contribution >= 0.6 is 28.3 Å². The molecule has 0 spiro atoms. The molecule has 4 nitrogen and oxygen atoms in total. The summed E-state index contributed by atoms with van der Waals surface area (Å²) < 4.78 is 6.00. The van der Waals surface area contributed by atoms with Gasteiger partial charge >= 0.3 is 0 Å². The number of ether oxygens (including phenoxy) is 1. The maximum Gasteiger partial charge on any atom is 0.225 e. The van der Waals surface area contributed by atoms with Crippen LogP contribution in [-0.2, 0) is 4.79 Å². The van der Waals surface area contributed by atoms with Gasteiger partial charge in [-0.1, -0.05) is 0 Å². The van der Waals surface area contributed by atoms with E-state index in [-0.39, 0.29) is 18.3 Å². The molecular weight excluding hydrogens is 307 g/mol. The lowest BCUT2D eigenvalue weighted by Gasteiger charge is -2.08. The Balaban J connectivity index is 0.00000256. The zero-order valence-corrected chi connectivity index (χ0v) is 12.2. The van der Waals surface area contributed by atoms with Gasteiger partial charge in [0.25, 0.3) is 0 Å². The first kappa shape index (κ1) is 16.2. The molecule has 0 atom stereocenters. The molecule has 1 rings (SSSR count). The molecule has 0 aliphatic rings. The number of hydrogen-bond donors (Lipinski definition) is 2. The van der Waals surface area contributed by atoms with Gasteiger partial charge in [0.05, 0.1) is 11.6 Å². The molecule has 0 aliphatic heterocycles. The second-order valence-corrected chi connectivity index (χ2v) is 4.11. The van der Waals surface area contributed by atoms with Crippen molar-refractivity contribution in [1.82, 2.24) is 5.32 Å². The van der Waals surface area contributed by atoms with Crippen LogP contribution in [0.2, 0.25) is 0 Å². The molecule has 0 saturated carbocycles. The smallest absolute Gasteiger partial charge is 0.225 e. The number of carbonyl (C=O) groups excluding carboxylic acids is 1. The summed E-state index contributed by atoms with van der Waals surface area (Å²) in [5.74, 6) is 0.685. The molecule has 0 saturated heterocycles. The van der Waals surface area contributed by atoms with Crippen molar-refractivity contribution in [2.45, 2.75) is 6.42 Å². The fraction of sp³-hybridized carbons (Fsp3) is 0.364. The van der Waals surface area contributed by atoms with Crippen molar-refractivity contribution in [3.05, 3.63) is 22.7 Å². The summed E-state index contributed by atoms with van der Waals surface area (Å²) in [6, 6.07) is 5.44. The highest BCUT2D eigenvalue weighted by Gasteiger charge is 2.04. The van der Waals surface area contributed by atoms with Crippen LogP contribution in [0.3, 0.4) is 0 Å². The second kappa shape index (κ2) is 8.33. The number of amides is 1. The van der Waals surface area contributed by atoms with Crippen LogP contribution < -0.4 is 15.4 Å². The van der Waals surface area contributed by atoms with E-state index in [1.807, 2.05) is 19.2 Å². The van der Waals surface area contributed by atoms with Crippen LogP contribution in [0, 0.1) is 0 Å². The number of nitrogens with one attached hydrogen (secondary N) is 2. The molecule has 0 aromatic heterocycles. The van der Waals surface area contributed by atoms with Crippen LogP contribution in [0.4, 0.5) is 5.69 Å². The molecule has 0 aliphatic carbocycles. The number of benzene rings is 1. The number of hydrogen-bond acceptors (Lipinski definition) is 3. The summed E-state index contributed by atoms with van der Waals surface area (Å²) in [6.07, 6.45) is 0.453. The average Bonchev–Trinajstić information content (AvgIpc) is 2.29. The minimum atomic E-state index is -0.0151. The van der Waals surface area contributed by atoms with Crippen molar-refractivity contribution in [2.75, 3.05) is 26.0 Å². The van der Waals surface area contributed by atoms with E-state index >= 15 is 0 Å². The third-order valence-corrected chi connectivity index (χ3v) is 2.69. The SMILES string of the molecule is CNCCC(=O)Nc1ccc(Br)c(OC)c1.Cl. The van der Waals surface area contributed by atoms with E-state index in [0.29, 0.717) is 18.7 Å². The molecule has 0 fully saturated rings. The Morgan fingerprint density at radius 3 is 2.76 bits per heavy atom. The monoisotopic (exact) mass is 322 g/mol. The molecule has 0 bridgehead atoms. The fourth-order valence-corrected chi connectivity index (χ4v) is 1.61. The highest BCUT2D eigenvalue weighted by Crippen LogP contribution is 2.27. The van der Waals surface area contributed by atoms with E-state index in [4.69, 9.17) is 4.74 Å². The van der Waals surface area contributed by atoms with E-state index < -0.39 is 0 Å². The Kier molecular flexibility index (Phi) is 7.95. The quantitative estimate of drug-likeness (QED) is 0.875. The van der Waals surface area contributed by atoms with Crippen LogP contribution in [0.15, 0.2) is 22.7 Å². The average molecular weight is 324 g/mol. The third-order valence-electron chi connectivity index (χ3n) is 2.04. The first-order chi connectivity index (χ1) is 7.67. The molecule has 1 aromatic rings. The van der Waals surface area contributed by atoms with Gasteiger partial charge in [0.15, 0.2) is 0 Å². The molecule has 1 amide bonds. The van der Waals surface area contributed by atoms with E-state index in [2.05, 4.69) is 26.6 Å². The topological polar surface area (TPSA) is 50.4 Å². The zero-order chi connectivity index (χ0) is 12.0. The zero-order valence-electron chi connectivity index (χ0n) is 9.75. The van der Waals surface area contributed by atoms with Gasteiger partial charge < -0.3 is 15.4 Å². The Hall–Kier alpha value is -0.780. The second-order valence-electron chi connectivity index (χ2n) is 3.25. The van der Waals surface area contributed by atoms with Crippen LogP contribution in [0.1, 0.15) is 6.42 Å². The number of methoxy groups -OCH3 is 1. The lowest BCUT2D eigenvalue weighted by molar-refractivity contribution is -0.116. The maximum atomic E-state index is 11.5. The highest BCUT2D eigenvalue weighted by atomic mass is 79.9. The van der Waals surface area contributed by atoms with Crippen molar-refractivity contribution in [2.24, 2.45) is 0 Å². The standard InChI is InChI=1S/C11H15BrN2O2.ClH/c1-13-6-5-11(15)14-8-3-4-9(12)10(7-8)16-2;/h3-4,7,13H,5-6H2,1-2H3,(H,14,15);1H. The van der Waals surface area contributed by atoms with Crippen molar-refractivity contribution < 1.29 is 9.53 Å². The molecule has 6 heteroatoms. The minimum Gasteiger partial charge on any atom is -0.495 e. The van der Waals surface area contributed by atoms with Gasteiger partial charge in [0.1, 0.15) is 5.75 Å². The normalized spacial score (nSPS) is 9.35. The van der Waals surface area contributed by atoms with E-state index in [0.717, 1.165) is 10.2 Å². The molecule has 0 radical (unpaired) electrons. The van der Waals surface area contributed by atoms with Gasteiger partial charge in [-0.2, -0.15) is 0 Å². The summed E-state index contributed by atoms with van der Waals surface area (Å²) in [7, 11) is 3.41. The van der Waals surface area contributed by atoms with Crippen LogP contribution in [0.5, 0.6) is 5.75 Å². The van der Waals surface area contributed by atoms with E-state index in [9.17, 15) is 4.79 Å². The predicted molar refractivity (Wildman–Crippen MR) is 75.1 cm³/mol. The van der Waals surface area contributed by atoms with Gasteiger partial charge in [0, 0.05) is 24.7 Å². The van der Waals surface area contributed by atoms with Crippen molar-refractivity contribution >= 4 is 39.9 Å². The third kappa shape index (κ3) is 5.39. The van der Waals surface area contributed by atoms with Crippen molar-refractivity contribution in [3.63, 3.8) is 0 Å². The Morgan fingerprint density at radius 2 is 2.18 bits per heavy atom. The van der Waals surface area contributed by atoms with Gasteiger partial charge in [0.2, 0.25) is 5.91 Å². The number of rotatable bonds is 5. The fourth-order valence-electron chi connectivity index (χ4n) is 1.20.